The predicted molar refractivity (Wildman–Crippen MR) is 65.4 cm³/mol. The first-order valence-electron chi connectivity index (χ1n) is 5.72. The lowest BCUT2D eigenvalue weighted by Crippen LogP contribution is -2.02. The van der Waals surface area contributed by atoms with Gasteiger partial charge in [0.2, 0.25) is 0 Å². The Balaban J connectivity index is 2.92. The summed E-state index contributed by atoms with van der Waals surface area (Å²) >= 11 is 0. The number of hydrogen-bond acceptors (Lipinski definition) is 1. The molecule has 0 aliphatic carbocycles. The molecule has 0 aliphatic rings. The van der Waals surface area contributed by atoms with Gasteiger partial charge in [-0.2, -0.15) is 0 Å². The van der Waals surface area contributed by atoms with E-state index < -0.39 is 0 Å². The van der Waals surface area contributed by atoms with E-state index in [0.29, 0.717) is 6.61 Å². The van der Waals surface area contributed by atoms with Gasteiger partial charge in [0.15, 0.2) is 0 Å². The van der Waals surface area contributed by atoms with Crippen molar-refractivity contribution >= 4 is 0 Å². The summed E-state index contributed by atoms with van der Waals surface area (Å²) in [5, 5.41) is 0. The maximum absolute atomic E-state index is 13.2. The molecule has 1 aromatic rings. The maximum atomic E-state index is 13.2. The van der Waals surface area contributed by atoms with Crippen molar-refractivity contribution in [3.8, 4) is 5.75 Å². The van der Waals surface area contributed by atoms with E-state index in [0.717, 1.165) is 24.2 Å². The number of benzene rings is 1. The molecule has 16 heavy (non-hydrogen) atoms. The van der Waals surface area contributed by atoms with Gasteiger partial charge in [-0.25, -0.2) is 4.39 Å². The van der Waals surface area contributed by atoms with E-state index in [4.69, 9.17) is 4.74 Å². The molecule has 1 unspecified atom stereocenters. The van der Waals surface area contributed by atoms with Gasteiger partial charge in [0.05, 0.1) is 6.61 Å². The summed E-state index contributed by atoms with van der Waals surface area (Å²) in [5.41, 5.74) is 0.924. The van der Waals surface area contributed by atoms with Gasteiger partial charge in [-0.05, 0) is 37.0 Å². The first-order valence-corrected chi connectivity index (χ1v) is 5.72. The fourth-order valence-electron chi connectivity index (χ4n) is 1.62. The molecule has 2 heteroatoms. The second kappa shape index (κ2) is 6.31. The quantitative estimate of drug-likeness (QED) is 0.652. The Kier molecular flexibility index (Phi) is 5.03. The lowest BCUT2D eigenvalue weighted by molar-refractivity contribution is 0.312. The molecule has 0 N–H and O–H groups in total. The Bertz CT molecular complexity index is 347. The van der Waals surface area contributed by atoms with Gasteiger partial charge < -0.3 is 4.74 Å². The van der Waals surface area contributed by atoms with Crippen LogP contribution in [-0.2, 0) is 0 Å². The maximum Gasteiger partial charge on any atom is 0.123 e. The van der Waals surface area contributed by atoms with Crippen molar-refractivity contribution in [2.45, 2.75) is 32.6 Å². The molecule has 1 aromatic carbocycles. The molecule has 0 aliphatic heterocycles. The minimum Gasteiger partial charge on any atom is -0.493 e. The van der Waals surface area contributed by atoms with Crippen molar-refractivity contribution in [1.82, 2.24) is 0 Å². The molecule has 0 saturated carbocycles. The van der Waals surface area contributed by atoms with Gasteiger partial charge in [0.25, 0.3) is 0 Å². The van der Waals surface area contributed by atoms with Gasteiger partial charge in [-0.1, -0.05) is 19.9 Å². The van der Waals surface area contributed by atoms with Gasteiger partial charge >= 0.3 is 0 Å². The molecule has 0 bridgehead atoms. The van der Waals surface area contributed by atoms with Crippen molar-refractivity contribution in [3.05, 3.63) is 42.2 Å². The van der Waals surface area contributed by atoms with Gasteiger partial charge in [0.1, 0.15) is 11.6 Å². The molecule has 0 heterocycles. The standard InChI is InChI=1S/C14H19FO/c1-4-6-11(3)13-10-12(15)7-8-14(13)16-9-5-2/h4,7-8,10-11H,1,5-6,9H2,2-3H3. The summed E-state index contributed by atoms with van der Waals surface area (Å²) in [6.45, 7) is 8.47. The van der Waals surface area contributed by atoms with Crippen molar-refractivity contribution in [2.75, 3.05) is 6.61 Å². The Hall–Kier alpha value is -1.31. The van der Waals surface area contributed by atoms with Crippen LogP contribution in [0.15, 0.2) is 30.9 Å². The number of hydrogen-bond donors (Lipinski definition) is 0. The highest BCUT2D eigenvalue weighted by molar-refractivity contribution is 5.36. The average Bonchev–Trinajstić information content (AvgIpc) is 2.27. The van der Waals surface area contributed by atoms with Crippen LogP contribution in [-0.4, -0.2) is 6.61 Å². The summed E-state index contributed by atoms with van der Waals surface area (Å²) < 4.78 is 18.8. The van der Waals surface area contributed by atoms with Gasteiger partial charge in [-0.15, -0.1) is 6.58 Å². The predicted octanol–water partition coefficient (Wildman–Crippen LogP) is 4.29. The zero-order chi connectivity index (χ0) is 12.0. The monoisotopic (exact) mass is 222 g/mol. The Morgan fingerprint density at radius 3 is 2.88 bits per heavy atom. The van der Waals surface area contributed by atoms with Crippen LogP contribution >= 0.6 is 0 Å². The van der Waals surface area contributed by atoms with Gasteiger partial charge in [0, 0.05) is 5.56 Å². The van der Waals surface area contributed by atoms with Crippen LogP contribution in [0.3, 0.4) is 0 Å². The molecular formula is C14H19FO. The van der Waals surface area contributed by atoms with Crippen LogP contribution in [0, 0.1) is 5.82 Å². The first-order chi connectivity index (χ1) is 7.69. The summed E-state index contributed by atoms with van der Waals surface area (Å²) in [6, 6.07) is 4.70. The highest BCUT2D eigenvalue weighted by Gasteiger charge is 2.11. The lowest BCUT2D eigenvalue weighted by atomic mass is 9.97. The largest absolute Gasteiger partial charge is 0.493 e. The fourth-order valence-corrected chi connectivity index (χ4v) is 1.62. The first kappa shape index (κ1) is 12.8. The smallest absolute Gasteiger partial charge is 0.123 e. The molecule has 88 valence electrons. The third kappa shape index (κ3) is 3.37. The Morgan fingerprint density at radius 2 is 2.25 bits per heavy atom. The van der Waals surface area contributed by atoms with Crippen LogP contribution in [0.5, 0.6) is 5.75 Å². The van der Waals surface area contributed by atoms with Crippen LogP contribution in [0.25, 0.3) is 0 Å². The summed E-state index contributed by atoms with van der Waals surface area (Å²) in [6.07, 6.45) is 3.62. The molecule has 0 aromatic heterocycles. The van der Waals surface area contributed by atoms with Crippen LogP contribution in [0.4, 0.5) is 4.39 Å². The second-order valence-electron chi connectivity index (χ2n) is 3.96. The van der Waals surface area contributed by atoms with E-state index in [-0.39, 0.29) is 11.7 Å². The SMILES string of the molecule is C=CCC(C)c1cc(F)ccc1OCCC. The molecule has 1 atom stereocenters. The molecule has 0 spiro atoms. The molecule has 0 fully saturated rings. The van der Waals surface area contributed by atoms with Gasteiger partial charge in [-0.3, -0.25) is 0 Å². The lowest BCUT2D eigenvalue weighted by Gasteiger charge is -2.15. The summed E-state index contributed by atoms with van der Waals surface area (Å²) in [5.74, 6) is 0.812. The van der Waals surface area contributed by atoms with Crippen LogP contribution < -0.4 is 4.74 Å². The second-order valence-corrected chi connectivity index (χ2v) is 3.96. The van der Waals surface area contributed by atoms with E-state index in [1.165, 1.54) is 6.07 Å². The summed E-state index contributed by atoms with van der Waals surface area (Å²) in [7, 11) is 0. The minimum absolute atomic E-state index is 0.213. The molecular weight excluding hydrogens is 203 g/mol. The fraction of sp³-hybridized carbons (Fsp3) is 0.429. The third-order valence-electron chi connectivity index (χ3n) is 2.48. The zero-order valence-corrected chi connectivity index (χ0v) is 10.0. The highest BCUT2D eigenvalue weighted by Crippen LogP contribution is 2.29. The number of halogens is 1. The van der Waals surface area contributed by atoms with Crippen molar-refractivity contribution < 1.29 is 9.13 Å². The molecule has 0 amide bonds. The Labute approximate surface area is 96.9 Å². The van der Waals surface area contributed by atoms with Crippen molar-refractivity contribution in [3.63, 3.8) is 0 Å². The molecule has 1 nitrogen and oxygen atoms in total. The normalized spacial score (nSPS) is 12.2. The number of rotatable bonds is 6. The highest BCUT2D eigenvalue weighted by atomic mass is 19.1. The average molecular weight is 222 g/mol. The molecule has 1 rings (SSSR count). The summed E-state index contributed by atoms with van der Waals surface area (Å²) in [4.78, 5) is 0. The van der Waals surface area contributed by atoms with E-state index in [1.807, 2.05) is 6.08 Å². The van der Waals surface area contributed by atoms with E-state index in [2.05, 4.69) is 20.4 Å². The van der Waals surface area contributed by atoms with E-state index in [9.17, 15) is 4.39 Å². The van der Waals surface area contributed by atoms with Crippen LogP contribution in [0.1, 0.15) is 38.2 Å². The van der Waals surface area contributed by atoms with Crippen molar-refractivity contribution in [2.24, 2.45) is 0 Å². The third-order valence-corrected chi connectivity index (χ3v) is 2.48. The van der Waals surface area contributed by atoms with E-state index in [1.54, 1.807) is 12.1 Å². The zero-order valence-electron chi connectivity index (χ0n) is 10.0. The number of allylic oxidation sites excluding steroid dienone is 1. The molecule has 0 saturated heterocycles. The van der Waals surface area contributed by atoms with Crippen LogP contribution in [0.2, 0.25) is 0 Å². The topological polar surface area (TPSA) is 9.23 Å². The molecule has 0 radical (unpaired) electrons. The minimum atomic E-state index is -0.213. The number of ether oxygens (including phenoxy) is 1. The Morgan fingerprint density at radius 1 is 1.50 bits per heavy atom. The van der Waals surface area contributed by atoms with Crippen molar-refractivity contribution in [1.29, 1.82) is 0 Å². The van der Waals surface area contributed by atoms with E-state index >= 15 is 0 Å².